The van der Waals surface area contributed by atoms with Crippen LogP contribution in [0.15, 0.2) is 29.3 Å². The number of ether oxygens (including phenoxy) is 1. The number of guanidine groups is 1. The first-order valence-corrected chi connectivity index (χ1v) is 10.4. The molecule has 0 aliphatic carbocycles. The molecule has 7 nitrogen and oxygen atoms in total. The lowest BCUT2D eigenvalue weighted by molar-refractivity contribution is 0.186. The molecule has 0 saturated heterocycles. The molecule has 2 unspecified atom stereocenters. The van der Waals surface area contributed by atoms with E-state index in [1.54, 1.807) is 13.2 Å². The first-order chi connectivity index (χ1) is 11.7. The topological polar surface area (TPSA) is 100 Å². The van der Waals surface area contributed by atoms with Crippen LogP contribution in [0.5, 0.6) is 5.75 Å². The molecule has 0 radical (unpaired) electrons. The second-order valence-corrected chi connectivity index (χ2v) is 8.24. The van der Waals surface area contributed by atoms with Crippen molar-refractivity contribution in [2.24, 2.45) is 4.99 Å². The van der Waals surface area contributed by atoms with Gasteiger partial charge in [0.2, 0.25) is 0 Å². The van der Waals surface area contributed by atoms with Gasteiger partial charge in [0.1, 0.15) is 15.6 Å². The maximum absolute atomic E-state index is 11.3. The summed E-state index contributed by atoms with van der Waals surface area (Å²) in [6, 6.07) is 7.17. The van der Waals surface area contributed by atoms with E-state index in [0.717, 1.165) is 5.56 Å². The minimum absolute atomic E-state index is 0. The number of benzene rings is 1. The summed E-state index contributed by atoms with van der Waals surface area (Å²) in [5.74, 6) is 1.35. The number of methoxy groups -OCH3 is 1. The van der Waals surface area contributed by atoms with E-state index in [1.807, 2.05) is 32.0 Å². The molecule has 0 aromatic heterocycles. The summed E-state index contributed by atoms with van der Waals surface area (Å²) in [7, 11) is -1.41. The van der Waals surface area contributed by atoms with Crippen LogP contribution in [0.3, 0.4) is 0 Å². The first-order valence-electron chi connectivity index (χ1n) is 8.29. The highest BCUT2D eigenvalue weighted by molar-refractivity contribution is 14.0. The predicted molar refractivity (Wildman–Crippen MR) is 116 cm³/mol. The molecule has 0 heterocycles. The van der Waals surface area contributed by atoms with E-state index < -0.39 is 15.9 Å². The number of rotatable bonds is 9. The molecule has 0 aliphatic heterocycles. The number of nitrogens with zero attached hydrogens (tertiary/aromatic N) is 1. The molecule has 0 amide bonds. The van der Waals surface area contributed by atoms with Gasteiger partial charge in [0.25, 0.3) is 0 Å². The van der Waals surface area contributed by atoms with Crippen LogP contribution >= 0.6 is 24.0 Å². The Kier molecular flexibility index (Phi) is 11.8. The Bertz CT molecular complexity index is 668. The van der Waals surface area contributed by atoms with Crippen LogP contribution in [-0.2, 0) is 9.84 Å². The second kappa shape index (κ2) is 12.3. The molecule has 0 aliphatic rings. The maximum Gasteiger partial charge on any atom is 0.191 e. The monoisotopic (exact) mass is 499 g/mol. The number of aliphatic hydroxyl groups is 1. The zero-order valence-electron chi connectivity index (χ0n) is 15.7. The SMILES string of the molecule is CCNC(=NCC(O)c1cccc(OC)c1)NC(C)CCS(C)(=O)=O.I. The average Bonchev–Trinajstić information content (AvgIpc) is 2.57. The van der Waals surface area contributed by atoms with Gasteiger partial charge in [-0.15, -0.1) is 24.0 Å². The molecule has 26 heavy (non-hydrogen) atoms. The summed E-state index contributed by atoms with van der Waals surface area (Å²) >= 11 is 0. The van der Waals surface area contributed by atoms with Crippen LogP contribution in [0, 0.1) is 0 Å². The van der Waals surface area contributed by atoms with Crippen molar-refractivity contribution >= 4 is 39.8 Å². The van der Waals surface area contributed by atoms with Crippen molar-refractivity contribution in [1.29, 1.82) is 0 Å². The Hall–Kier alpha value is -1.07. The number of nitrogens with one attached hydrogen (secondary N) is 2. The Morgan fingerprint density at radius 2 is 2.08 bits per heavy atom. The Balaban J connectivity index is 0.00000625. The normalized spacial score (nSPS) is 14.1. The molecule has 0 saturated carbocycles. The minimum atomic E-state index is -2.99. The Labute approximate surface area is 173 Å². The molecule has 150 valence electrons. The van der Waals surface area contributed by atoms with E-state index in [9.17, 15) is 13.5 Å². The summed E-state index contributed by atoms with van der Waals surface area (Å²) < 4.78 is 27.7. The molecule has 0 spiro atoms. The van der Waals surface area contributed by atoms with Crippen LogP contribution in [0.4, 0.5) is 0 Å². The Morgan fingerprint density at radius 1 is 1.38 bits per heavy atom. The van der Waals surface area contributed by atoms with Gasteiger partial charge in [0.05, 0.1) is 25.5 Å². The van der Waals surface area contributed by atoms with Crippen molar-refractivity contribution in [3.05, 3.63) is 29.8 Å². The van der Waals surface area contributed by atoms with Crippen molar-refractivity contribution in [3.8, 4) is 5.75 Å². The fourth-order valence-electron chi connectivity index (χ4n) is 2.15. The van der Waals surface area contributed by atoms with E-state index in [1.165, 1.54) is 6.26 Å². The third-order valence-corrected chi connectivity index (χ3v) is 4.53. The molecule has 0 fully saturated rings. The quantitative estimate of drug-likeness (QED) is 0.272. The lowest BCUT2D eigenvalue weighted by Crippen LogP contribution is -2.43. The van der Waals surface area contributed by atoms with Gasteiger partial charge < -0.3 is 20.5 Å². The van der Waals surface area contributed by atoms with Gasteiger partial charge >= 0.3 is 0 Å². The van der Waals surface area contributed by atoms with E-state index in [-0.39, 0.29) is 42.3 Å². The van der Waals surface area contributed by atoms with Gasteiger partial charge in [-0.2, -0.15) is 0 Å². The highest BCUT2D eigenvalue weighted by Crippen LogP contribution is 2.19. The molecular formula is C17H30IN3O4S. The van der Waals surface area contributed by atoms with Crippen LogP contribution in [0.1, 0.15) is 31.9 Å². The van der Waals surface area contributed by atoms with Crippen molar-refractivity contribution in [1.82, 2.24) is 10.6 Å². The smallest absolute Gasteiger partial charge is 0.191 e. The van der Waals surface area contributed by atoms with Gasteiger partial charge in [0, 0.05) is 18.8 Å². The van der Waals surface area contributed by atoms with Crippen molar-refractivity contribution < 1.29 is 18.3 Å². The van der Waals surface area contributed by atoms with Crippen LogP contribution in [0.25, 0.3) is 0 Å². The van der Waals surface area contributed by atoms with Crippen LogP contribution in [-0.4, -0.2) is 57.7 Å². The van der Waals surface area contributed by atoms with E-state index in [0.29, 0.717) is 24.7 Å². The third-order valence-electron chi connectivity index (χ3n) is 3.55. The number of sulfone groups is 1. The largest absolute Gasteiger partial charge is 0.497 e. The zero-order chi connectivity index (χ0) is 18.9. The first kappa shape index (κ1) is 24.9. The molecule has 9 heteroatoms. The summed E-state index contributed by atoms with van der Waals surface area (Å²) in [5.41, 5.74) is 0.726. The summed E-state index contributed by atoms with van der Waals surface area (Å²) in [6.45, 7) is 4.69. The fraction of sp³-hybridized carbons (Fsp3) is 0.588. The number of aliphatic imine (C=N–C) groups is 1. The number of halogens is 1. The molecule has 1 rings (SSSR count). The third kappa shape index (κ3) is 10.2. The van der Waals surface area contributed by atoms with Crippen molar-refractivity contribution in [2.75, 3.05) is 32.2 Å². The number of hydrogen-bond donors (Lipinski definition) is 3. The predicted octanol–water partition coefficient (Wildman–Crippen LogP) is 1.72. The highest BCUT2D eigenvalue weighted by atomic mass is 127. The molecule has 0 bridgehead atoms. The number of hydrogen-bond acceptors (Lipinski definition) is 5. The van der Waals surface area contributed by atoms with Gasteiger partial charge in [-0.05, 0) is 38.0 Å². The lowest BCUT2D eigenvalue weighted by atomic mass is 10.1. The van der Waals surface area contributed by atoms with E-state index >= 15 is 0 Å². The number of aliphatic hydroxyl groups excluding tert-OH is 1. The van der Waals surface area contributed by atoms with Gasteiger partial charge in [-0.25, -0.2) is 8.42 Å². The summed E-state index contributed by atoms with van der Waals surface area (Å²) in [6.07, 6.45) is 0.961. The molecule has 1 aromatic rings. The van der Waals surface area contributed by atoms with Crippen molar-refractivity contribution in [2.45, 2.75) is 32.4 Å². The van der Waals surface area contributed by atoms with Gasteiger partial charge in [-0.3, -0.25) is 4.99 Å². The molecule has 3 N–H and O–H groups in total. The second-order valence-electron chi connectivity index (χ2n) is 5.98. The van der Waals surface area contributed by atoms with Gasteiger partial charge in [-0.1, -0.05) is 12.1 Å². The van der Waals surface area contributed by atoms with Crippen molar-refractivity contribution in [3.63, 3.8) is 0 Å². The molecular weight excluding hydrogens is 469 g/mol. The fourth-order valence-corrected chi connectivity index (χ4v) is 2.93. The lowest BCUT2D eigenvalue weighted by Gasteiger charge is -2.18. The van der Waals surface area contributed by atoms with E-state index in [2.05, 4.69) is 15.6 Å². The summed E-state index contributed by atoms with van der Waals surface area (Å²) in [5, 5.41) is 16.6. The minimum Gasteiger partial charge on any atom is -0.497 e. The maximum atomic E-state index is 11.3. The van der Waals surface area contributed by atoms with Crippen LogP contribution < -0.4 is 15.4 Å². The summed E-state index contributed by atoms with van der Waals surface area (Å²) in [4.78, 5) is 4.38. The van der Waals surface area contributed by atoms with Gasteiger partial charge in [0.15, 0.2) is 5.96 Å². The Morgan fingerprint density at radius 3 is 2.65 bits per heavy atom. The highest BCUT2D eigenvalue weighted by Gasteiger charge is 2.11. The zero-order valence-corrected chi connectivity index (χ0v) is 18.9. The standard InChI is InChI=1S/C17H29N3O4S.HI/c1-5-18-17(20-13(2)9-10-25(4,22)23)19-12-16(21)14-7-6-8-15(11-14)24-3;/h6-8,11,13,16,21H,5,9-10,12H2,1-4H3,(H2,18,19,20);1H. The van der Waals surface area contributed by atoms with E-state index in [4.69, 9.17) is 4.74 Å². The molecule has 1 aromatic carbocycles. The average molecular weight is 499 g/mol. The van der Waals surface area contributed by atoms with Crippen LogP contribution in [0.2, 0.25) is 0 Å². The molecule has 2 atom stereocenters.